The summed E-state index contributed by atoms with van der Waals surface area (Å²) in [5, 5.41) is 11.8. The van der Waals surface area contributed by atoms with Gasteiger partial charge in [0, 0.05) is 34.5 Å². The molecule has 1 aliphatic rings. The normalized spacial score (nSPS) is 19.0. The second-order valence-corrected chi connectivity index (χ2v) is 7.95. The van der Waals surface area contributed by atoms with E-state index in [0.29, 0.717) is 6.54 Å². The minimum Gasteiger partial charge on any atom is -0.393 e. The quantitative estimate of drug-likeness (QED) is 0.835. The highest BCUT2D eigenvalue weighted by molar-refractivity contribution is 7.98. The molecule has 1 fully saturated rings. The Kier molecular flexibility index (Phi) is 5.41. The number of hydrogen-bond acceptors (Lipinski definition) is 4. The summed E-state index contributed by atoms with van der Waals surface area (Å²) >= 11 is 3.45. The van der Waals surface area contributed by atoms with Crippen LogP contribution in [0.15, 0.2) is 46.7 Å². The number of aliphatic hydroxyl groups is 1. The molecule has 5 heteroatoms. The van der Waals surface area contributed by atoms with Gasteiger partial charge in [-0.05, 0) is 36.9 Å². The molecule has 1 saturated heterocycles. The van der Waals surface area contributed by atoms with Crippen LogP contribution >= 0.6 is 23.1 Å². The van der Waals surface area contributed by atoms with Gasteiger partial charge < -0.3 is 10.0 Å². The van der Waals surface area contributed by atoms with E-state index < -0.39 is 0 Å². The van der Waals surface area contributed by atoms with Crippen LogP contribution in [0, 0.1) is 5.92 Å². The first-order chi connectivity index (χ1) is 11.1. The van der Waals surface area contributed by atoms with E-state index in [-0.39, 0.29) is 17.9 Å². The zero-order valence-corrected chi connectivity index (χ0v) is 14.8. The van der Waals surface area contributed by atoms with Crippen LogP contribution in [0.3, 0.4) is 0 Å². The number of likely N-dealkylation sites (tertiary alicyclic amines) is 1. The fraction of sp³-hybridized carbons (Fsp3) is 0.389. The van der Waals surface area contributed by atoms with Gasteiger partial charge in [0.25, 0.3) is 5.91 Å². The third kappa shape index (κ3) is 3.97. The lowest BCUT2D eigenvalue weighted by atomic mass is 10.0. The van der Waals surface area contributed by atoms with E-state index in [0.717, 1.165) is 29.2 Å². The maximum Gasteiger partial charge on any atom is 0.255 e. The Morgan fingerprint density at radius 2 is 2.22 bits per heavy atom. The van der Waals surface area contributed by atoms with Gasteiger partial charge in [-0.1, -0.05) is 18.2 Å². The zero-order valence-electron chi connectivity index (χ0n) is 13.1. The third-order valence-corrected chi connectivity index (χ3v) is 6.44. The van der Waals surface area contributed by atoms with E-state index in [9.17, 15) is 9.90 Å². The first-order valence-corrected chi connectivity index (χ1v) is 9.73. The molecule has 1 aliphatic heterocycles. The van der Waals surface area contributed by atoms with Crippen LogP contribution in [-0.2, 0) is 5.75 Å². The number of aliphatic hydroxyl groups excluding tert-OH is 1. The maximum atomic E-state index is 12.8. The number of carbonyl (C=O) groups excluding carboxylic acids is 1. The lowest BCUT2D eigenvalue weighted by Gasteiger charge is -2.19. The Bertz CT molecular complexity index is 655. The van der Waals surface area contributed by atoms with Gasteiger partial charge in [0.2, 0.25) is 0 Å². The van der Waals surface area contributed by atoms with Gasteiger partial charge >= 0.3 is 0 Å². The number of benzene rings is 1. The van der Waals surface area contributed by atoms with Crippen molar-refractivity contribution in [3.05, 3.63) is 52.2 Å². The molecule has 1 aromatic heterocycles. The van der Waals surface area contributed by atoms with Crippen molar-refractivity contribution in [1.29, 1.82) is 0 Å². The molecule has 1 amide bonds. The summed E-state index contributed by atoms with van der Waals surface area (Å²) in [6.07, 6.45) is 0.532. The number of carbonyl (C=O) groups is 1. The number of nitrogens with zero attached hydrogens (tertiary/aromatic N) is 1. The largest absolute Gasteiger partial charge is 0.393 e. The Morgan fingerprint density at radius 1 is 1.39 bits per heavy atom. The average Bonchev–Trinajstić information content (AvgIpc) is 3.24. The summed E-state index contributed by atoms with van der Waals surface area (Å²) < 4.78 is 0. The number of hydrogen-bond donors (Lipinski definition) is 1. The second-order valence-electron chi connectivity index (χ2n) is 5.90. The van der Waals surface area contributed by atoms with Crippen LogP contribution in [0.4, 0.5) is 0 Å². The van der Waals surface area contributed by atoms with E-state index in [1.54, 1.807) is 23.1 Å². The van der Waals surface area contributed by atoms with Crippen molar-refractivity contribution in [2.75, 3.05) is 13.1 Å². The highest BCUT2D eigenvalue weighted by Gasteiger charge is 2.30. The van der Waals surface area contributed by atoms with Crippen LogP contribution in [0.25, 0.3) is 0 Å². The van der Waals surface area contributed by atoms with Crippen molar-refractivity contribution in [3.63, 3.8) is 0 Å². The number of thiophene rings is 1. The van der Waals surface area contributed by atoms with Gasteiger partial charge in [0.05, 0.1) is 11.7 Å². The molecule has 0 spiro atoms. The maximum absolute atomic E-state index is 12.8. The Labute approximate surface area is 145 Å². The molecule has 23 heavy (non-hydrogen) atoms. The highest BCUT2D eigenvalue weighted by atomic mass is 32.2. The summed E-state index contributed by atoms with van der Waals surface area (Å²) in [6.45, 7) is 3.20. The van der Waals surface area contributed by atoms with Crippen LogP contribution in [-0.4, -0.2) is 35.1 Å². The molecule has 3 nitrogen and oxygen atoms in total. The summed E-state index contributed by atoms with van der Waals surface area (Å²) in [6, 6.07) is 12.0. The van der Waals surface area contributed by atoms with Crippen molar-refractivity contribution in [1.82, 2.24) is 4.90 Å². The number of thioether (sulfide) groups is 1. The van der Waals surface area contributed by atoms with Gasteiger partial charge in [-0.3, -0.25) is 4.79 Å². The Hall–Kier alpha value is -1.30. The van der Waals surface area contributed by atoms with E-state index in [2.05, 4.69) is 17.5 Å². The van der Waals surface area contributed by atoms with E-state index in [4.69, 9.17) is 0 Å². The molecule has 0 saturated carbocycles. The molecule has 0 aliphatic carbocycles. The van der Waals surface area contributed by atoms with Gasteiger partial charge in [-0.2, -0.15) is 0 Å². The first-order valence-electron chi connectivity index (χ1n) is 7.86. The molecule has 2 aromatic rings. The molecule has 3 rings (SSSR count). The standard InChI is InChI=1S/C18H21NO2S2/c1-13(20)14-8-9-19(11-14)18(21)16-6-2-3-7-17(16)23-12-15-5-4-10-22-15/h2-7,10,13-14,20H,8-9,11-12H2,1H3. The molecule has 1 aromatic carbocycles. The molecule has 0 bridgehead atoms. The minimum absolute atomic E-state index is 0.0856. The molecule has 2 atom stereocenters. The van der Waals surface area contributed by atoms with E-state index in [1.807, 2.05) is 36.1 Å². The molecule has 2 unspecified atom stereocenters. The SMILES string of the molecule is CC(O)C1CCN(C(=O)c2ccccc2SCc2cccs2)C1. The molecular weight excluding hydrogens is 326 g/mol. The van der Waals surface area contributed by atoms with Crippen molar-refractivity contribution < 1.29 is 9.90 Å². The summed E-state index contributed by atoms with van der Waals surface area (Å²) in [5.74, 6) is 1.17. The Balaban J connectivity index is 1.71. The number of rotatable bonds is 5. The topological polar surface area (TPSA) is 40.5 Å². The van der Waals surface area contributed by atoms with Crippen LogP contribution in [0.5, 0.6) is 0 Å². The van der Waals surface area contributed by atoms with E-state index in [1.165, 1.54) is 4.88 Å². The smallest absolute Gasteiger partial charge is 0.255 e. The van der Waals surface area contributed by atoms with E-state index >= 15 is 0 Å². The van der Waals surface area contributed by atoms with Crippen molar-refractivity contribution in [2.45, 2.75) is 30.1 Å². The monoisotopic (exact) mass is 347 g/mol. The predicted molar refractivity (Wildman–Crippen MR) is 96.0 cm³/mol. The fourth-order valence-corrected chi connectivity index (χ4v) is 4.67. The summed E-state index contributed by atoms with van der Waals surface area (Å²) in [4.78, 5) is 17.1. The van der Waals surface area contributed by atoms with Crippen LogP contribution < -0.4 is 0 Å². The first kappa shape index (κ1) is 16.6. The molecular formula is C18H21NO2S2. The fourth-order valence-electron chi connectivity index (χ4n) is 2.85. The van der Waals surface area contributed by atoms with Gasteiger partial charge in [-0.15, -0.1) is 23.1 Å². The predicted octanol–water partition coefficient (Wildman–Crippen LogP) is 3.88. The summed E-state index contributed by atoms with van der Waals surface area (Å²) in [5.41, 5.74) is 0.778. The van der Waals surface area contributed by atoms with Gasteiger partial charge in [0.15, 0.2) is 0 Å². The lowest BCUT2D eigenvalue weighted by molar-refractivity contribution is 0.0759. The van der Waals surface area contributed by atoms with Crippen LogP contribution in [0.1, 0.15) is 28.6 Å². The molecule has 1 N–H and O–H groups in total. The number of amides is 1. The third-order valence-electron chi connectivity index (χ3n) is 4.26. The Morgan fingerprint density at radius 3 is 2.91 bits per heavy atom. The lowest BCUT2D eigenvalue weighted by Crippen LogP contribution is -2.30. The van der Waals surface area contributed by atoms with Gasteiger partial charge in [0.1, 0.15) is 0 Å². The van der Waals surface area contributed by atoms with Gasteiger partial charge in [-0.25, -0.2) is 0 Å². The van der Waals surface area contributed by atoms with Crippen molar-refractivity contribution in [3.8, 4) is 0 Å². The molecule has 122 valence electrons. The van der Waals surface area contributed by atoms with Crippen LogP contribution in [0.2, 0.25) is 0 Å². The highest BCUT2D eigenvalue weighted by Crippen LogP contribution is 2.30. The minimum atomic E-state index is -0.351. The van der Waals surface area contributed by atoms with Crippen molar-refractivity contribution in [2.24, 2.45) is 5.92 Å². The molecule has 0 radical (unpaired) electrons. The molecule has 2 heterocycles. The second kappa shape index (κ2) is 7.51. The average molecular weight is 348 g/mol. The summed E-state index contributed by atoms with van der Waals surface area (Å²) in [7, 11) is 0. The van der Waals surface area contributed by atoms with Crippen molar-refractivity contribution >= 4 is 29.0 Å². The zero-order chi connectivity index (χ0) is 16.2.